The quantitative estimate of drug-likeness (QED) is 0.875. The van der Waals surface area contributed by atoms with Gasteiger partial charge in [-0.2, -0.15) is 0 Å². The predicted molar refractivity (Wildman–Crippen MR) is 78.0 cm³/mol. The second-order valence-electron chi connectivity index (χ2n) is 5.53. The Balaban J connectivity index is 1.90. The van der Waals surface area contributed by atoms with Crippen molar-refractivity contribution in [3.63, 3.8) is 0 Å². The maximum absolute atomic E-state index is 12.2. The molecular weight excluding hydrogens is 236 g/mol. The minimum atomic E-state index is 0.181. The molecule has 1 aliphatic heterocycles. The maximum Gasteiger partial charge on any atom is 0.223 e. The van der Waals surface area contributed by atoms with Gasteiger partial charge in [0.2, 0.25) is 5.91 Å². The average Bonchev–Trinajstić information content (AvgIpc) is 2.68. The van der Waals surface area contributed by atoms with Crippen LogP contribution >= 0.6 is 0 Å². The second-order valence-corrected chi connectivity index (χ2v) is 5.53. The summed E-state index contributed by atoms with van der Waals surface area (Å²) in [5, 5.41) is 6.44. The Morgan fingerprint density at radius 1 is 1.32 bits per heavy atom. The highest BCUT2D eigenvalue weighted by Crippen LogP contribution is 2.15. The van der Waals surface area contributed by atoms with Crippen LogP contribution in [0.1, 0.15) is 36.0 Å². The lowest BCUT2D eigenvalue weighted by atomic mass is 9.99. The number of carbonyl (C=O) groups is 1. The third-order valence-corrected chi connectivity index (χ3v) is 3.90. The highest BCUT2D eigenvalue weighted by atomic mass is 16.1. The minimum Gasteiger partial charge on any atom is -0.352 e. The zero-order chi connectivity index (χ0) is 13.7. The predicted octanol–water partition coefficient (Wildman–Crippen LogP) is 2.31. The smallest absolute Gasteiger partial charge is 0.223 e. The number of benzene rings is 1. The highest BCUT2D eigenvalue weighted by molar-refractivity contribution is 5.78. The normalized spacial score (nSPS) is 19.8. The molecule has 0 bridgehead atoms. The van der Waals surface area contributed by atoms with Crippen molar-refractivity contribution in [1.82, 2.24) is 10.6 Å². The lowest BCUT2D eigenvalue weighted by Gasteiger charge is -2.15. The molecule has 19 heavy (non-hydrogen) atoms. The SMILES string of the molecule is Cc1ccc(C)c(CNC(=O)[C@H]2CCCNCC2)c1. The molecule has 0 saturated carbocycles. The fraction of sp³-hybridized carbons (Fsp3) is 0.562. The molecule has 0 spiro atoms. The van der Waals surface area contributed by atoms with E-state index in [4.69, 9.17) is 0 Å². The van der Waals surface area contributed by atoms with Crippen LogP contribution in [0.25, 0.3) is 0 Å². The van der Waals surface area contributed by atoms with Crippen LogP contribution in [-0.2, 0) is 11.3 Å². The van der Waals surface area contributed by atoms with Gasteiger partial charge in [-0.3, -0.25) is 4.79 Å². The van der Waals surface area contributed by atoms with Gasteiger partial charge in [-0.15, -0.1) is 0 Å². The topological polar surface area (TPSA) is 41.1 Å². The van der Waals surface area contributed by atoms with Crippen molar-refractivity contribution in [2.24, 2.45) is 5.92 Å². The van der Waals surface area contributed by atoms with E-state index < -0.39 is 0 Å². The highest BCUT2D eigenvalue weighted by Gasteiger charge is 2.19. The largest absolute Gasteiger partial charge is 0.352 e. The van der Waals surface area contributed by atoms with Crippen molar-refractivity contribution in [3.05, 3.63) is 34.9 Å². The molecule has 3 nitrogen and oxygen atoms in total. The molecule has 1 amide bonds. The third-order valence-electron chi connectivity index (χ3n) is 3.90. The average molecular weight is 260 g/mol. The first-order valence-corrected chi connectivity index (χ1v) is 7.21. The van der Waals surface area contributed by atoms with Crippen LogP contribution in [-0.4, -0.2) is 19.0 Å². The van der Waals surface area contributed by atoms with Crippen LogP contribution in [0, 0.1) is 19.8 Å². The number of rotatable bonds is 3. The van der Waals surface area contributed by atoms with Crippen molar-refractivity contribution >= 4 is 5.91 Å². The van der Waals surface area contributed by atoms with E-state index in [0.29, 0.717) is 6.54 Å². The van der Waals surface area contributed by atoms with E-state index in [1.807, 2.05) is 0 Å². The molecule has 1 aliphatic rings. The first kappa shape index (κ1) is 14.1. The molecule has 0 unspecified atom stereocenters. The van der Waals surface area contributed by atoms with E-state index in [0.717, 1.165) is 32.4 Å². The lowest BCUT2D eigenvalue weighted by molar-refractivity contribution is -0.125. The van der Waals surface area contributed by atoms with Crippen LogP contribution in [0.2, 0.25) is 0 Å². The fourth-order valence-corrected chi connectivity index (χ4v) is 2.60. The molecule has 2 rings (SSSR count). The Hall–Kier alpha value is -1.35. The van der Waals surface area contributed by atoms with E-state index in [2.05, 4.69) is 42.7 Å². The Morgan fingerprint density at radius 3 is 3.00 bits per heavy atom. The Bertz CT molecular complexity index is 434. The van der Waals surface area contributed by atoms with Gasteiger partial charge >= 0.3 is 0 Å². The van der Waals surface area contributed by atoms with Crippen molar-refractivity contribution in [1.29, 1.82) is 0 Å². The zero-order valence-electron chi connectivity index (χ0n) is 12.0. The number of amides is 1. The molecule has 0 radical (unpaired) electrons. The summed E-state index contributed by atoms with van der Waals surface area (Å²) in [6.07, 6.45) is 3.06. The Morgan fingerprint density at radius 2 is 2.16 bits per heavy atom. The van der Waals surface area contributed by atoms with Gasteiger partial charge in [0.15, 0.2) is 0 Å². The molecular formula is C16H24N2O. The van der Waals surface area contributed by atoms with Gasteiger partial charge in [0.05, 0.1) is 0 Å². The lowest BCUT2D eigenvalue weighted by Crippen LogP contribution is -2.31. The van der Waals surface area contributed by atoms with Crippen molar-refractivity contribution in [2.45, 2.75) is 39.7 Å². The van der Waals surface area contributed by atoms with Crippen LogP contribution in [0.4, 0.5) is 0 Å². The molecule has 1 fully saturated rings. The number of nitrogens with one attached hydrogen (secondary N) is 2. The summed E-state index contributed by atoms with van der Waals surface area (Å²) in [5.74, 6) is 0.393. The van der Waals surface area contributed by atoms with E-state index in [1.165, 1.54) is 16.7 Å². The fourth-order valence-electron chi connectivity index (χ4n) is 2.60. The summed E-state index contributed by atoms with van der Waals surface area (Å²) >= 11 is 0. The van der Waals surface area contributed by atoms with E-state index in [1.54, 1.807) is 0 Å². The summed E-state index contributed by atoms with van der Waals surface area (Å²) in [4.78, 5) is 12.2. The molecule has 3 heteroatoms. The van der Waals surface area contributed by atoms with E-state index in [9.17, 15) is 4.79 Å². The van der Waals surface area contributed by atoms with Gasteiger partial charge in [-0.05, 0) is 57.3 Å². The molecule has 1 heterocycles. The van der Waals surface area contributed by atoms with Gasteiger partial charge in [-0.1, -0.05) is 23.8 Å². The molecule has 104 valence electrons. The summed E-state index contributed by atoms with van der Waals surface area (Å²) in [6, 6.07) is 6.38. The van der Waals surface area contributed by atoms with Crippen LogP contribution in [0.5, 0.6) is 0 Å². The number of carbonyl (C=O) groups excluding carboxylic acids is 1. The monoisotopic (exact) mass is 260 g/mol. The van der Waals surface area contributed by atoms with Crippen LogP contribution in [0.15, 0.2) is 18.2 Å². The standard InChI is InChI=1S/C16H24N2O/c1-12-5-6-13(2)15(10-12)11-18-16(19)14-4-3-8-17-9-7-14/h5-6,10,14,17H,3-4,7-9,11H2,1-2H3,(H,18,19)/t14-/m0/s1. The van der Waals surface area contributed by atoms with Crippen molar-refractivity contribution in [2.75, 3.05) is 13.1 Å². The molecule has 1 aromatic rings. The van der Waals surface area contributed by atoms with Crippen molar-refractivity contribution in [3.8, 4) is 0 Å². The summed E-state index contributed by atoms with van der Waals surface area (Å²) in [7, 11) is 0. The number of aryl methyl sites for hydroxylation is 2. The maximum atomic E-state index is 12.2. The number of hydrogen-bond acceptors (Lipinski definition) is 2. The molecule has 0 aliphatic carbocycles. The van der Waals surface area contributed by atoms with Crippen LogP contribution in [0.3, 0.4) is 0 Å². The molecule has 1 aromatic carbocycles. The first-order chi connectivity index (χ1) is 9.16. The van der Waals surface area contributed by atoms with Gasteiger partial charge < -0.3 is 10.6 Å². The zero-order valence-corrected chi connectivity index (χ0v) is 12.0. The molecule has 1 atom stereocenters. The Kier molecular flexibility index (Phi) is 4.97. The molecule has 1 saturated heterocycles. The van der Waals surface area contributed by atoms with E-state index >= 15 is 0 Å². The Labute approximate surface area is 115 Å². The molecule has 2 N–H and O–H groups in total. The van der Waals surface area contributed by atoms with Gasteiger partial charge in [-0.25, -0.2) is 0 Å². The minimum absolute atomic E-state index is 0.181. The molecule has 0 aromatic heterocycles. The number of hydrogen-bond donors (Lipinski definition) is 2. The first-order valence-electron chi connectivity index (χ1n) is 7.21. The summed E-state index contributed by atoms with van der Waals surface area (Å²) in [5.41, 5.74) is 3.71. The van der Waals surface area contributed by atoms with Gasteiger partial charge in [0, 0.05) is 12.5 Å². The van der Waals surface area contributed by atoms with Crippen molar-refractivity contribution < 1.29 is 4.79 Å². The third kappa shape index (κ3) is 4.06. The van der Waals surface area contributed by atoms with Gasteiger partial charge in [0.1, 0.15) is 0 Å². The second kappa shape index (κ2) is 6.71. The summed E-state index contributed by atoms with van der Waals surface area (Å²) < 4.78 is 0. The summed E-state index contributed by atoms with van der Waals surface area (Å²) in [6.45, 7) is 6.83. The van der Waals surface area contributed by atoms with Crippen LogP contribution < -0.4 is 10.6 Å². The van der Waals surface area contributed by atoms with Gasteiger partial charge in [0.25, 0.3) is 0 Å². The van der Waals surface area contributed by atoms with E-state index in [-0.39, 0.29) is 11.8 Å².